The molecule has 1 aromatic rings. The number of aromatic nitrogens is 1. The Morgan fingerprint density at radius 2 is 1.94 bits per heavy atom. The third kappa shape index (κ3) is 3.19. The smallest absolute Gasteiger partial charge is 0.406 e. The maximum atomic E-state index is 12.2. The fraction of sp³-hybridized carbons (Fsp3) is 0.300. The second-order valence-electron chi connectivity index (χ2n) is 3.55. The highest BCUT2D eigenvalue weighted by Crippen LogP contribution is 2.17. The van der Waals surface area contributed by atoms with E-state index < -0.39 is 35.6 Å². The Balaban J connectivity index is 3.46. The van der Waals surface area contributed by atoms with Crippen molar-refractivity contribution in [2.24, 2.45) is 0 Å². The van der Waals surface area contributed by atoms with Crippen molar-refractivity contribution in [1.82, 2.24) is 4.57 Å². The summed E-state index contributed by atoms with van der Waals surface area (Å²) in [6, 6.07) is 0.764. The quantitative estimate of drug-likeness (QED) is 0.834. The van der Waals surface area contributed by atoms with E-state index in [4.69, 9.17) is 5.11 Å². The third-order valence-electron chi connectivity index (χ3n) is 2.07. The van der Waals surface area contributed by atoms with Gasteiger partial charge >= 0.3 is 12.1 Å². The van der Waals surface area contributed by atoms with E-state index in [-0.39, 0.29) is 10.1 Å². The van der Waals surface area contributed by atoms with E-state index in [1.807, 2.05) is 0 Å². The molecule has 1 N–H and O–H groups in total. The van der Waals surface area contributed by atoms with Crippen molar-refractivity contribution in [1.29, 1.82) is 0 Å². The van der Waals surface area contributed by atoms with Crippen LogP contribution in [-0.4, -0.2) is 27.6 Å². The zero-order chi connectivity index (χ0) is 14.1. The Morgan fingerprint density at radius 3 is 2.33 bits per heavy atom. The van der Waals surface area contributed by atoms with Gasteiger partial charge in [-0.1, -0.05) is 0 Å². The molecule has 0 saturated heterocycles. The van der Waals surface area contributed by atoms with Gasteiger partial charge in [0.15, 0.2) is 5.78 Å². The minimum absolute atomic E-state index is 0.167. The van der Waals surface area contributed by atoms with Gasteiger partial charge in [0.05, 0.1) is 0 Å². The fourth-order valence-electron chi connectivity index (χ4n) is 1.29. The van der Waals surface area contributed by atoms with Crippen LogP contribution in [0.5, 0.6) is 0 Å². The van der Waals surface area contributed by atoms with Crippen molar-refractivity contribution in [3.05, 3.63) is 33.7 Å². The molecular weight excluding hydrogens is 255 g/mol. The van der Waals surface area contributed by atoms with E-state index in [1.165, 1.54) is 0 Å². The summed E-state index contributed by atoms with van der Waals surface area (Å²) in [7, 11) is 0. The zero-order valence-corrected chi connectivity index (χ0v) is 9.11. The summed E-state index contributed by atoms with van der Waals surface area (Å²) in [6.45, 7) is -0.587. The first-order valence-electron chi connectivity index (χ1n) is 4.67. The highest BCUT2D eigenvalue weighted by molar-refractivity contribution is 5.96. The lowest BCUT2D eigenvalue weighted by Crippen LogP contribution is -2.32. The Hall–Kier alpha value is -2.12. The van der Waals surface area contributed by atoms with Crippen LogP contribution < -0.4 is 5.56 Å². The summed E-state index contributed by atoms with van der Waals surface area (Å²) < 4.78 is 36.8. The standard InChI is InChI=1S/C10H8F3NO4/c1-5(15)6-2-7(9(17)18)8(16)14(3-6)4-10(11,12)13/h2-3H,4H2,1H3,(H,17,18). The first-order valence-corrected chi connectivity index (χ1v) is 4.67. The normalized spacial score (nSPS) is 11.3. The molecule has 1 heterocycles. The lowest BCUT2D eigenvalue weighted by atomic mass is 10.1. The minimum Gasteiger partial charge on any atom is -0.477 e. The van der Waals surface area contributed by atoms with Gasteiger partial charge in [0.25, 0.3) is 5.56 Å². The molecule has 0 bridgehead atoms. The zero-order valence-electron chi connectivity index (χ0n) is 9.11. The number of nitrogens with zero attached hydrogens (tertiary/aromatic N) is 1. The van der Waals surface area contributed by atoms with Gasteiger partial charge in [-0.2, -0.15) is 13.2 Å². The van der Waals surface area contributed by atoms with Crippen molar-refractivity contribution >= 4 is 11.8 Å². The number of carboxylic acid groups (broad SMARTS) is 1. The van der Waals surface area contributed by atoms with Crippen molar-refractivity contribution < 1.29 is 27.9 Å². The molecule has 0 amide bonds. The molecule has 18 heavy (non-hydrogen) atoms. The number of Topliss-reactive ketones (excluding diaryl/α,β-unsaturated/α-hetero) is 1. The highest BCUT2D eigenvalue weighted by Gasteiger charge is 2.29. The number of hydrogen-bond acceptors (Lipinski definition) is 3. The van der Waals surface area contributed by atoms with Crippen LogP contribution in [0.15, 0.2) is 17.1 Å². The van der Waals surface area contributed by atoms with E-state index in [1.54, 1.807) is 0 Å². The SMILES string of the molecule is CC(=O)c1cc(C(=O)O)c(=O)n(CC(F)(F)F)c1. The van der Waals surface area contributed by atoms with Gasteiger partial charge in [-0.05, 0) is 13.0 Å². The topological polar surface area (TPSA) is 76.4 Å². The predicted octanol–water partition coefficient (Wildman–Crippen LogP) is 1.31. The molecule has 0 spiro atoms. The van der Waals surface area contributed by atoms with Crippen LogP contribution in [0.4, 0.5) is 13.2 Å². The first kappa shape index (κ1) is 13.9. The van der Waals surface area contributed by atoms with Crippen LogP contribution in [0.25, 0.3) is 0 Å². The number of carboxylic acids is 1. The number of pyridine rings is 1. The largest absolute Gasteiger partial charge is 0.477 e. The second kappa shape index (κ2) is 4.63. The molecule has 0 aromatic carbocycles. The van der Waals surface area contributed by atoms with Crippen molar-refractivity contribution in [3.8, 4) is 0 Å². The average Bonchev–Trinajstić information content (AvgIpc) is 2.18. The number of halogens is 3. The summed E-state index contributed by atoms with van der Waals surface area (Å²) in [4.78, 5) is 33.2. The van der Waals surface area contributed by atoms with Crippen LogP contribution in [0.1, 0.15) is 27.6 Å². The van der Waals surface area contributed by atoms with Crippen molar-refractivity contribution in [2.45, 2.75) is 19.6 Å². The molecule has 98 valence electrons. The Morgan fingerprint density at radius 1 is 1.39 bits per heavy atom. The Kier molecular flexibility index (Phi) is 3.59. The van der Waals surface area contributed by atoms with Gasteiger partial charge in [-0.25, -0.2) is 4.79 Å². The van der Waals surface area contributed by atoms with Crippen LogP contribution in [-0.2, 0) is 6.54 Å². The fourth-order valence-corrected chi connectivity index (χ4v) is 1.29. The van der Waals surface area contributed by atoms with Gasteiger partial charge in [-0.3, -0.25) is 9.59 Å². The van der Waals surface area contributed by atoms with Gasteiger partial charge < -0.3 is 9.67 Å². The minimum atomic E-state index is -4.69. The van der Waals surface area contributed by atoms with Crippen molar-refractivity contribution in [3.63, 3.8) is 0 Å². The van der Waals surface area contributed by atoms with Gasteiger partial charge in [-0.15, -0.1) is 0 Å². The molecule has 0 saturated carbocycles. The van der Waals surface area contributed by atoms with E-state index in [2.05, 4.69) is 0 Å². The molecule has 0 atom stereocenters. The number of carbonyl (C=O) groups is 2. The van der Waals surface area contributed by atoms with E-state index in [0.29, 0.717) is 6.20 Å². The van der Waals surface area contributed by atoms with Crippen LogP contribution in [0, 0.1) is 0 Å². The van der Waals surface area contributed by atoms with Gasteiger partial charge in [0.2, 0.25) is 0 Å². The summed E-state index contributed by atoms with van der Waals surface area (Å²) in [6.07, 6.45) is -3.99. The van der Waals surface area contributed by atoms with E-state index in [0.717, 1.165) is 13.0 Å². The molecule has 1 aromatic heterocycles. The van der Waals surface area contributed by atoms with Crippen LogP contribution in [0.2, 0.25) is 0 Å². The number of carbonyl (C=O) groups excluding carboxylic acids is 1. The van der Waals surface area contributed by atoms with E-state index in [9.17, 15) is 27.6 Å². The maximum absolute atomic E-state index is 12.2. The molecule has 0 unspecified atom stereocenters. The second-order valence-corrected chi connectivity index (χ2v) is 3.55. The summed E-state index contributed by atoms with van der Waals surface area (Å²) in [5, 5.41) is 8.69. The molecule has 0 aliphatic carbocycles. The number of hydrogen-bond donors (Lipinski definition) is 1. The molecular formula is C10H8F3NO4. The molecule has 1 rings (SSSR count). The van der Waals surface area contributed by atoms with Gasteiger partial charge in [0.1, 0.15) is 12.1 Å². The number of ketones is 1. The third-order valence-corrected chi connectivity index (χ3v) is 2.07. The van der Waals surface area contributed by atoms with Crippen LogP contribution >= 0.6 is 0 Å². The predicted molar refractivity (Wildman–Crippen MR) is 53.7 cm³/mol. The van der Waals surface area contributed by atoms with Crippen molar-refractivity contribution in [2.75, 3.05) is 0 Å². The Bertz CT molecular complexity index is 559. The number of alkyl halides is 3. The molecule has 0 aliphatic rings. The summed E-state index contributed by atoms with van der Waals surface area (Å²) >= 11 is 0. The highest BCUT2D eigenvalue weighted by atomic mass is 19.4. The number of rotatable bonds is 3. The summed E-state index contributed by atoms with van der Waals surface area (Å²) in [5.74, 6) is -2.31. The van der Waals surface area contributed by atoms with Crippen LogP contribution in [0.3, 0.4) is 0 Å². The molecule has 5 nitrogen and oxygen atoms in total. The maximum Gasteiger partial charge on any atom is 0.406 e. The average molecular weight is 263 g/mol. The lowest BCUT2D eigenvalue weighted by molar-refractivity contribution is -0.141. The number of aromatic carboxylic acids is 1. The molecule has 0 aliphatic heterocycles. The Labute approximate surface area is 98.5 Å². The first-order chi connectivity index (χ1) is 8.11. The lowest BCUT2D eigenvalue weighted by Gasteiger charge is -2.11. The van der Waals surface area contributed by atoms with Gasteiger partial charge in [0, 0.05) is 11.8 Å². The summed E-state index contributed by atoms with van der Waals surface area (Å²) in [5.41, 5.74) is -2.44. The molecule has 8 heteroatoms. The van der Waals surface area contributed by atoms with E-state index >= 15 is 0 Å². The molecule has 0 radical (unpaired) electrons. The monoisotopic (exact) mass is 263 g/mol. The molecule has 0 fully saturated rings.